The van der Waals surface area contributed by atoms with E-state index in [2.05, 4.69) is 10.3 Å². The quantitative estimate of drug-likeness (QED) is 0.858. The van der Waals surface area contributed by atoms with Crippen molar-refractivity contribution >= 4 is 17.4 Å². The normalized spacial score (nSPS) is 18.2. The first-order chi connectivity index (χ1) is 8.38. The maximum absolute atomic E-state index is 12.3. The number of anilines is 1. The number of halogens is 1. The first kappa shape index (κ1) is 13.4. The van der Waals surface area contributed by atoms with E-state index < -0.39 is 0 Å². The van der Waals surface area contributed by atoms with Crippen LogP contribution in [-0.4, -0.2) is 21.0 Å². The van der Waals surface area contributed by atoms with E-state index in [-0.39, 0.29) is 16.6 Å². The zero-order chi connectivity index (χ0) is 13.4. The Morgan fingerprint density at radius 3 is 2.61 bits per heavy atom. The van der Waals surface area contributed by atoms with E-state index in [1.54, 1.807) is 17.0 Å². The fourth-order valence-electron chi connectivity index (χ4n) is 2.17. The largest absolute Gasteiger partial charge is 0.359 e. The maximum atomic E-state index is 12.3. The van der Waals surface area contributed by atoms with E-state index in [9.17, 15) is 4.79 Å². The molecular weight excluding hydrogens is 250 g/mol. The van der Waals surface area contributed by atoms with Gasteiger partial charge in [0.1, 0.15) is 0 Å². The number of nitrogens with one attached hydrogen (secondary N) is 1. The second kappa shape index (κ2) is 4.57. The van der Waals surface area contributed by atoms with Gasteiger partial charge in [0.05, 0.1) is 5.54 Å². The average Bonchev–Trinajstić information content (AvgIpc) is 2.24. The lowest BCUT2D eigenvalue weighted by Crippen LogP contribution is -2.49. The van der Waals surface area contributed by atoms with Gasteiger partial charge < -0.3 is 9.88 Å². The molecule has 0 atom stereocenters. The summed E-state index contributed by atoms with van der Waals surface area (Å²) < 4.78 is 1.70. The van der Waals surface area contributed by atoms with E-state index in [1.165, 1.54) is 0 Å². The van der Waals surface area contributed by atoms with Crippen molar-refractivity contribution < 1.29 is 0 Å². The maximum Gasteiger partial charge on any atom is 0.293 e. The lowest BCUT2D eigenvalue weighted by molar-refractivity contribution is 0.308. The molecule has 0 unspecified atom stereocenters. The van der Waals surface area contributed by atoms with Gasteiger partial charge in [0.25, 0.3) is 5.56 Å². The van der Waals surface area contributed by atoms with Crippen LogP contribution in [0, 0.1) is 0 Å². The summed E-state index contributed by atoms with van der Waals surface area (Å²) in [6.07, 6.45) is 6.54. The van der Waals surface area contributed by atoms with Crippen LogP contribution < -0.4 is 10.9 Å². The van der Waals surface area contributed by atoms with Crippen LogP contribution in [0.5, 0.6) is 0 Å². The molecule has 0 amide bonds. The molecule has 1 N–H and O–H groups in total. The molecule has 0 saturated heterocycles. The molecule has 0 aromatic carbocycles. The molecule has 0 bridgehead atoms. The lowest BCUT2D eigenvalue weighted by atomic mass is 9.78. The number of alkyl halides is 1. The van der Waals surface area contributed by atoms with Gasteiger partial charge in [-0.05, 0) is 40.0 Å². The Morgan fingerprint density at radius 1 is 1.50 bits per heavy atom. The molecule has 2 rings (SSSR count). The van der Waals surface area contributed by atoms with Crippen molar-refractivity contribution in [1.29, 1.82) is 0 Å². The minimum atomic E-state index is -0.246. The van der Waals surface area contributed by atoms with Crippen LogP contribution >= 0.6 is 11.6 Å². The number of hydrogen-bond donors (Lipinski definition) is 1. The van der Waals surface area contributed by atoms with Gasteiger partial charge in [0.2, 0.25) is 0 Å². The topological polar surface area (TPSA) is 46.9 Å². The van der Waals surface area contributed by atoms with Crippen molar-refractivity contribution in [3.8, 4) is 0 Å². The number of hydrogen-bond acceptors (Lipinski definition) is 3. The van der Waals surface area contributed by atoms with Gasteiger partial charge in [0.15, 0.2) is 5.82 Å². The molecule has 1 fully saturated rings. The van der Waals surface area contributed by atoms with E-state index in [1.807, 2.05) is 20.8 Å². The Hall–Kier alpha value is -1.03. The van der Waals surface area contributed by atoms with Crippen LogP contribution in [0.25, 0.3) is 0 Å². The second-order valence-corrected chi connectivity index (χ2v) is 6.28. The van der Waals surface area contributed by atoms with E-state index >= 15 is 0 Å². The first-order valence-electron chi connectivity index (χ1n) is 6.30. The Morgan fingerprint density at radius 2 is 2.17 bits per heavy atom. The van der Waals surface area contributed by atoms with Crippen LogP contribution in [-0.2, 0) is 5.54 Å². The fourth-order valence-corrected chi connectivity index (χ4v) is 2.51. The zero-order valence-electron chi connectivity index (χ0n) is 11.2. The predicted octanol–water partition coefficient (Wildman–Crippen LogP) is 2.57. The minimum absolute atomic E-state index is 0.0820. The monoisotopic (exact) mass is 269 g/mol. The molecule has 1 heterocycles. The highest BCUT2D eigenvalue weighted by Crippen LogP contribution is 2.35. The molecule has 4 nitrogen and oxygen atoms in total. The Kier molecular flexibility index (Phi) is 3.41. The van der Waals surface area contributed by atoms with Gasteiger partial charge >= 0.3 is 0 Å². The third kappa shape index (κ3) is 2.39. The highest BCUT2D eigenvalue weighted by atomic mass is 35.5. The third-order valence-corrected chi connectivity index (χ3v) is 4.03. The third-order valence-electron chi connectivity index (χ3n) is 3.51. The van der Waals surface area contributed by atoms with E-state index in [0.29, 0.717) is 11.7 Å². The van der Waals surface area contributed by atoms with Gasteiger partial charge in [-0.25, -0.2) is 4.98 Å². The molecule has 1 aliphatic carbocycles. The zero-order valence-corrected chi connectivity index (χ0v) is 11.9. The predicted molar refractivity (Wildman–Crippen MR) is 74.4 cm³/mol. The molecule has 1 aromatic heterocycles. The van der Waals surface area contributed by atoms with Gasteiger partial charge in [-0.3, -0.25) is 4.79 Å². The first-order valence-corrected chi connectivity index (χ1v) is 6.84. The average molecular weight is 270 g/mol. The van der Waals surface area contributed by atoms with Crippen LogP contribution in [0.15, 0.2) is 17.2 Å². The van der Waals surface area contributed by atoms with Crippen molar-refractivity contribution in [1.82, 2.24) is 9.55 Å². The minimum Gasteiger partial charge on any atom is -0.359 e. The van der Waals surface area contributed by atoms with Gasteiger partial charge in [-0.15, -0.1) is 11.6 Å². The Labute approximate surface area is 112 Å². The molecular formula is C13H20ClN3O. The smallest absolute Gasteiger partial charge is 0.293 e. The second-order valence-electron chi connectivity index (χ2n) is 6.01. The highest BCUT2D eigenvalue weighted by molar-refractivity contribution is 6.19. The van der Waals surface area contributed by atoms with Crippen molar-refractivity contribution in [2.24, 2.45) is 0 Å². The number of rotatable bonds is 3. The van der Waals surface area contributed by atoms with Crippen LogP contribution in [0.2, 0.25) is 0 Å². The Balaban J connectivity index is 2.32. The van der Waals surface area contributed by atoms with Crippen molar-refractivity contribution in [2.45, 2.75) is 51.1 Å². The molecule has 0 spiro atoms. The summed E-state index contributed by atoms with van der Waals surface area (Å²) in [7, 11) is 0. The summed E-state index contributed by atoms with van der Waals surface area (Å²) in [6, 6.07) is 0. The summed E-state index contributed by atoms with van der Waals surface area (Å²) in [6.45, 7) is 6.00. The summed E-state index contributed by atoms with van der Waals surface area (Å²) in [4.78, 5) is 16.5. The summed E-state index contributed by atoms with van der Waals surface area (Å²) in [5, 5.41) is 3.25. The molecule has 18 heavy (non-hydrogen) atoms. The highest BCUT2D eigenvalue weighted by Gasteiger charge is 2.37. The van der Waals surface area contributed by atoms with Crippen molar-refractivity contribution in [3.05, 3.63) is 22.7 Å². The SMILES string of the molecule is CC(C)(C)n1ccnc(NC2(CCl)CCC2)c1=O. The fraction of sp³-hybridized carbons (Fsp3) is 0.692. The van der Waals surface area contributed by atoms with Crippen LogP contribution in [0.3, 0.4) is 0 Å². The summed E-state index contributed by atoms with van der Waals surface area (Å²) in [5.41, 5.74) is -0.462. The van der Waals surface area contributed by atoms with E-state index in [0.717, 1.165) is 19.3 Å². The van der Waals surface area contributed by atoms with Crippen molar-refractivity contribution in [2.75, 3.05) is 11.2 Å². The van der Waals surface area contributed by atoms with E-state index in [4.69, 9.17) is 11.6 Å². The van der Waals surface area contributed by atoms with Crippen LogP contribution in [0.1, 0.15) is 40.0 Å². The number of nitrogens with zero attached hydrogens (tertiary/aromatic N) is 2. The molecule has 5 heteroatoms. The van der Waals surface area contributed by atoms with Crippen LogP contribution in [0.4, 0.5) is 5.82 Å². The van der Waals surface area contributed by atoms with Gasteiger partial charge in [0, 0.05) is 23.8 Å². The molecule has 0 radical (unpaired) electrons. The molecule has 1 saturated carbocycles. The number of aromatic nitrogens is 2. The molecule has 0 aliphatic heterocycles. The van der Waals surface area contributed by atoms with Gasteiger partial charge in [-0.2, -0.15) is 0 Å². The standard InChI is InChI=1S/C13H20ClN3O/c1-12(2,3)17-8-7-15-10(11(17)18)16-13(9-14)5-4-6-13/h7-8H,4-6,9H2,1-3H3,(H,15,16). The van der Waals surface area contributed by atoms with Crippen molar-refractivity contribution in [3.63, 3.8) is 0 Å². The molecule has 100 valence electrons. The molecule has 1 aliphatic rings. The van der Waals surface area contributed by atoms with Gasteiger partial charge in [-0.1, -0.05) is 0 Å². The Bertz CT molecular complexity index is 480. The summed E-state index contributed by atoms with van der Waals surface area (Å²) >= 11 is 5.99. The lowest BCUT2D eigenvalue weighted by Gasteiger charge is -2.41. The summed E-state index contributed by atoms with van der Waals surface area (Å²) in [5.74, 6) is 0.922. The molecule has 1 aromatic rings.